The Morgan fingerprint density at radius 1 is 1.36 bits per heavy atom. The first-order valence-electron chi connectivity index (χ1n) is 7.13. The van der Waals surface area contributed by atoms with Crippen LogP contribution in [0.1, 0.15) is 45.6 Å². The van der Waals surface area contributed by atoms with Crippen LogP contribution in [-0.4, -0.2) is 22.8 Å². The number of ether oxygens (including phenoxy) is 1. The van der Waals surface area contributed by atoms with Crippen molar-refractivity contribution in [1.29, 1.82) is 0 Å². The Balaban J connectivity index is 2.26. The zero-order valence-electron chi connectivity index (χ0n) is 12.9. The quantitative estimate of drug-likeness (QED) is 0.889. The molecule has 1 aromatic carbocycles. The van der Waals surface area contributed by atoms with E-state index in [1.54, 1.807) is 20.8 Å². The van der Waals surface area contributed by atoms with Gasteiger partial charge in [0, 0.05) is 11.1 Å². The number of amides is 1. The first-order valence-corrected chi connectivity index (χ1v) is 7.13. The highest BCUT2D eigenvalue weighted by molar-refractivity contribution is 5.87. The second-order valence-corrected chi connectivity index (χ2v) is 6.67. The number of hydrogen-bond donors (Lipinski definition) is 2. The molecule has 2 rings (SSSR count). The van der Waals surface area contributed by atoms with Crippen LogP contribution in [0.2, 0.25) is 0 Å². The van der Waals surface area contributed by atoms with E-state index in [2.05, 4.69) is 5.32 Å². The van der Waals surface area contributed by atoms with E-state index in [-0.39, 0.29) is 6.42 Å². The molecule has 1 aromatic rings. The van der Waals surface area contributed by atoms with Crippen molar-refractivity contribution in [2.75, 3.05) is 5.32 Å². The number of carbonyl (C=O) groups is 2. The Bertz CT molecular complexity index is 603. The number of hydrogen-bond acceptors (Lipinski definition) is 3. The van der Waals surface area contributed by atoms with Gasteiger partial charge >= 0.3 is 12.1 Å². The van der Waals surface area contributed by atoms with Gasteiger partial charge in [-0.25, -0.2) is 9.18 Å². The lowest BCUT2D eigenvalue weighted by atomic mass is 9.91. The van der Waals surface area contributed by atoms with Gasteiger partial charge in [-0.1, -0.05) is 0 Å². The van der Waals surface area contributed by atoms with Crippen LogP contribution in [-0.2, 0) is 14.9 Å². The maximum Gasteiger partial charge on any atom is 0.412 e. The van der Waals surface area contributed by atoms with Crippen molar-refractivity contribution in [3.05, 3.63) is 29.6 Å². The van der Waals surface area contributed by atoms with Crippen molar-refractivity contribution >= 4 is 17.7 Å². The summed E-state index contributed by atoms with van der Waals surface area (Å²) in [5.41, 5.74) is -0.337. The molecule has 1 fully saturated rings. The summed E-state index contributed by atoms with van der Waals surface area (Å²) in [6, 6.07) is 3.96. The molecule has 0 radical (unpaired) electrons. The molecule has 1 saturated carbocycles. The lowest BCUT2D eigenvalue weighted by Crippen LogP contribution is -2.28. The van der Waals surface area contributed by atoms with Gasteiger partial charge in [-0.05, 0) is 57.4 Å². The van der Waals surface area contributed by atoms with E-state index in [1.807, 2.05) is 0 Å². The number of rotatable bonds is 4. The number of nitrogens with one attached hydrogen (secondary N) is 1. The molecule has 22 heavy (non-hydrogen) atoms. The maximum absolute atomic E-state index is 13.6. The van der Waals surface area contributed by atoms with Crippen LogP contribution in [0.4, 0.5) is 14.9 Å². The summed E-state index contributed by atoms with van der Waals surface area (Å²) in [5.74, 6) is -1.40. The molecule has 0 aliphatic heterocycles. The second kappa shape index (κ2) is 5.59. The number of benzene rings is 1. The van der Waals surface area contributed by atoms with Crippen LogP contribution in [0.3, 0.4) is 0 Å². The van der Waals surface area contributed by atoms with Crippen LogP contribution in [0.25, 0.3) is 0 Å². The Labute approximate surface area is 128 Å². The van der Waals surface area contributed by atoms with Crippen molar-refractivity contribution in [3.8, 4) is 0 Å². The molecule has 6 heteroatoms. The fourth-order valence-electron chi connectivity index (χ4n) is 2.46. The number of carboxylic acid groups (broad SMARTS) is 1. The molecule has 0 aromatic heterocycles. The maximum atomic E-state index is 13.6. The molecule has 0 spiro atoms. The average molecular weight is 309 g/mol. The summed E-state index contributed by atoms with van der Waals surface area (Å²) in [7, 11) is 0. The molecule has 0 atom stereocenters. The topological polar surface area (TPSA) is 75.6 Å². The summed E-state index contributed by atoms with van der Waals surface area (Å²) in [6.45, 7) is 5.22. The van der Waals surface area contributed by atoms with Gasteiger partial charge in [-0.3, -0.25) is 10.1 Å². The zero-order chi connectivity index (χ0) is 16.5. The SMILES string of the molecule is CC(C)(C)OC(=O)Nc1ccc(F)cc1C1(CC(=O)O)CC1. The van der Waals surface area contributed by atoms with E-state index >= 15 is 0 Å². The van der Waals surface area contributed by atoms with Crippen LogP contribution < -0.4 is 5.32 Å². The third-order valence-electron chi connectivity index (χ3n) is 3.53. The van der Waals surface area contributed by atoms with Gasteiger partial charge in [0.1, 0.15) is 11.4 Å². The summed E-state index contributed by atoms with van der Waals surface area (Å²) >= 11 is 0. The van der Waals surface area contributed by atoms with E-state index in [4.69, 9.17) is 9.84 Å². The molecule has 5 nitrogen and oxygen atoms in total. The van der Waals surface area contributed by atoms with Crippen molar-refractivity contribution in [2.45, 2.75) is 51.0 Å². The van der Waals surface area contributed by atoms with E-state index in [0.717, 1.165) is 0 Å². The fourth-order valence-corrected chi connectivity index (χ4v) is 2.46. The third-order valence-corrected chi connectivity index (χ3v) is 3.53. The first-order chi connectivity index (χ1) is 10.1. The second-order valence-electron chi connectivity index (χ2n) is 6.67. The number of aliphatic carboxylic acids is 1. The van der Waals surface area contributed by atoms with Gasteiger partial charge in [0.2, 0.25) is 0 Å². The minimum atomic E-state index is -0.940. The largest absolute Gasteiger partial charge is 0.481 e. The summed E-state index contributed by atoms with van der Waals surface area (Å²) < 4.78 is 18.7. The highest BCUT2D eigenvalue weighted by Gasteiger charge is 2.47. The molecule has 1 aliphatic rings. The van der Waals surface area contributed by atoms with Crippen molar-refractivity contribution in [3.63, 3.8) is 0 Å². The van der Waals surface area contributed by atoms with Crippen LogP contribution >= 0.6 is 0 Å². The molecule has 0 heterocycles. The van der Waals surface area contributed by atoms with Crippen LogP contribution in [0, 0.1) is 5.82 Å². The lowest BCUT2D eigenvalue weighted by Gasteiger charge is -2.22. The van der Waals surface area contributed by atoms with Crippen LogP contribution in [0.5, 0.6) is 0 Å². The number of carbonyl (C=O) groups excluding carboxylic acids is 1. The van der Waals surface area contributed by atoms with Crippen molar-refractivity contribution in [1.82, 2.24) is 0 Å². The molecule has 0 saturated heterocycles. The van der Waals surface area contributed by atoms with Gasteiger partial charge in [0.15, 0.2) is 0 Å². The minimum Gasteiger partial charge on any atom is -0.481 e. The number of anilines is 1. The molecular weight excluding hydrogens is 289 g/mol. The molecule has 1 aliphatic carbocycles. The molecular formula is C16H20FNO4. The van der Waals surface area contributed by atoms with E-state index in [9.17, 15) is 14.0 Å². The van der Waals surface area contributed by atoms with Crippen molar-refractivity contribution < 1.29 is 23.8 Å². The lowest BCUT2D eigenvalue weighted by molar-refractivity contribution is -0.137. The van der Waals surface area contributed by atoms with Gasteiger partial charge in [0.25, 0.3) is 0 Å². The van der Waals surface area contributed by atoms with Gasteiger partial charge in [-0.2, -0.15) is 0 Å². The Morgan fingerprint density at radius 3 is 2.50 bits per heavy atom. The number of halogens is 1. The summed E-state index contributed by atoms with van der Waals surface area (Å²) in [4.78, 5) is 22.9. The van der Waals surface area contributed by atoms with Gasteiger partial charge in [-0.15, -0.1) is 0 Å². The summed E-state index contributed by atoms with van der Waals surface area (Å²) in [5, 5.41) is 11.6. The van der Waals surface area contributed by atoms with E-state index < -0.39 is 28.9 Å². The van der Waals surface area contributed by atoms with Crippen molar-refractivity contribution in [2.24, 2.45) is 0 Å². The third kappa shape index (κ3) is 3.96. The summed E-state index contributed by atoms with van der Waals surface area (Å²) in [6.07, 6.45) is 0.586. The van der Waals surface area contributed by atoms with Crippen LogP contribution in [0.15, 0.2) is 18.2 Å². The Morgan fingerprint density at radius 2 is 2.00 bits per heavy atom. The average Bonchev–Trinajstić information content (AvgIpc) is 3.08. The molecule has 2 N–H and O–H groups in total. The molecule has 120 valence electrons. The first kappa shape index (κ1) is 16.3. The zero-order valence-corrected chi connectivity index (χ0v) is 12.9. The smallest absolute Gasteiger partial charge is 0.412 e. The standard InChI is InChI=1S/C16H20FNO4/c1-15(2,3)22-14(21)18-12-5-4-10(17)8-11(12)16(6-7-16)9-13(19)20/h4-5,8H,6-7,9H2,1-3H3,(H,18,21)(H,19,20). The number of carboxylic acids is 1. The highest BCUT2D eigenvalue weighted by Crippen LogP contribution is 2.53. The van der Waals surface area contributed by atoms with Gasteiger partial charge in [0.05, 0.1) is 6.42 Å². The predicted molar refractivity (Wildman–Crippen MR) is 79.4 cm³/mol. The van der Waals surface area contributed by atoms with E-state index in [1.165, 1.54) is 18.2 Å². The normalized spacial score (nSPS) is 16.0. The molecule has 1 amide bonds. The fraction of sp³-hybridized carbons (Fsp3) is 0.500. The van der Waals surface area contributed by atoms with Gasteiger partial charge < -0.3 is 9.84 Å². The van der Waals surface area contributed by atoms with E-state index in [0.29, 0.717) is 24.1 Å². The molecule has 0 bridgehead atoms. The predicted octanol–water partition coefficient (Wildman–Crippen LogP) is 3.68. The Kier molecular flexibility index (Phi) is 4.13. The highest BCUT2D eigenvalue weighted by atomic mass is 19.1. The Hall–Kier alpha value is -2.11. The molecule has 0 unspecified atom stereocenters. The minimum absolute atomic E-state index is 0.0839. The monoisotopic (exact) mass is 309 g/mol.